The van der Waals surface area contributed by atoms with Crippen LogP contribution in [0.2, 0.25) is 0 Å². The zero-order chi connectivity index (χ0) is 18.1. The molecule has 6 heteroatoms. The molecule has 0 aliphatic carbocycles. The van der Waals surface area contributed by atoms with Crippen LogP contribution < -0.4 is 5.56 Å². The van der Waals surface area contributed by atoms with Gasteiger partial charge in [0.05, 0.1) is 22.5 Å². The Morgan fingerprint density at radius 2 is 2.08 bits per heavy atom. The van der Waals surface area contributed by atoms with Crippen molar-refractivity contribution in [3.05, 3.63) is 69.3 Å². The van der Waals surface area contributed by atoms with Crippen LogP contribution in [0.25, 0.3) is 16.6 Å². The average molecular weight is 348 g/mol. The molecule has 26 heavy (non-hydrogen) atoms. The van der Waals surface area contributed by atoms with Gasteiger partial charge in [-0.3, -0.25) is 14.3 Å². The van der Waals surface area contributed by atoms with Crippen LogP contribution in [-0.4, -0.2) is 20.6 Å². The van der Waals surface area contributed by atoms with Crippen LogP contribution in [0.5, 0.6) is 0 Å². The van der Waals surface area contributed by atoms with Gasteiger partial charge in [0.15, 0.2) is 5.60 Å². The lowest BCUT2D eigenvalue weighted by atomic mass is 9.86. The van der Waals surface area contributed by atoms with Crippen molar-refractivity contribution in [3.63, 3.8) is 0 Å². The standard InChI is InChI=1S/C20H16N2O4/c1-2-20(25)14-8-12-9-16-17(7-11-5-3-4-6-15(11)21-16)22(12)18(23)13(14)10-26-19(20)24/h3-8,25H,2,9-10H2,1H3/t20-/m1/s1. The average Bonchev–Trinajstić information content (AvgIpc) is 3.01. The van der Waals surface area contributed by atoms with Crippen LogP contribution in [0.4, 0.5) is 0 Å². The van der Waals surface area contributed by atoms with E-state index in [0.717, 1.165) is 28.0 Å². The Morgan fingerprint density at radius 3 is 2.88 bits per heavy atom. The zero-order valence-electron chi connectivity index (χ0n) is 14.2. The molecule has 3 aromatic rings. The second-order valence-electron chi connectivity index (χ2n) is 6.78. The maximum atomic E-state index is 13.1. The number of hydrogen-bond donors (Lipinski definition) is 1. The highest BCUT2D eigenvalue weighted by Crippen LogP contribution is 2.36. The first-order valence-corrected chi connectivity index (χ1v) is 8.60. The molecule has 130 valence electrons. The second kappa shape index (κ2) is 5.02. The summed E-state index contributed by atoms with van der Waals surface area (Å²) < 4.78 is 6.72. The van der Waals surface area contributed by atoms with E-state index < -0.39 is 11.6 Å². The molecule has 1 aromatic carbocycles. The van der Waals surface area contributed by atoms with E-state index >= 15 is 0 Å². The number of pyridine rings is 2. The molecule has 5 rings (SSSR count). The lowest BCUT2D eigenvalue weighted by Crippen LogP contribution is -2.44. The molecule has 0 saturated carbocycles. The molecule has 0 radical (unpaired) electrons. The van der Waals surface area contributed by atoms with Crippen LogP contribution in [-0.2, 0) is 28.2 Å². The van der Waals surface area contributed by atoms with Crippen molar-refractivity contribution in [1.29, 1.82) is 0 Å². The predicted molar refractivity (Wildman–Crippen MR) is 94.1 cm³/mol. The molecule has 4 heterocycles. The third-order valence-corrected chi connectivity index (χ3v) is 5.40. The molecule has 0 bridgehead atoms. The van der Waals surface area contributed by atoms with Crippen LogP contribution in [0.3, 0.4) is 0 Å². The van der Waals surface area contributed by atoms with E-state index in [1.807, 2.05) is 30.3 Å². The van der Waals surface area contributed by atoms with Crippen molar-refractivity contribution in [2.24, 2.45) is 0 Å². The van der Waals surface area contributed by atoms with Gasteiger partial charge in [-0.05, 0) is 24.6 Å². The first kappa shape index (κ1) is 15.3. The summed E-state index contributed by atoms with van der Waals surface area (Å²) in [6.07, 6.45) is 0.633. The Labute approximate surface area is 148 Å². The Kier molecular flexibility index (Phi) is 2.95. The molecule has 2 aliphatic rings. The quantitative estimate of drug-likeness (QED) is 0.532. The van der Waals surface area contributed by atoms with E-state index in [4.69, 9.17) is 4.74 Å². The van der Waals surface area contributed by atoms with Crippen molar-refractivity contribution < 1.29 is 14.6 Å². The van der Waals surface area contributed by atoms with Gasteiger partial charge in [0.25, 0.3) is 5.56 Å². The minimum absolute atomic E-state index is 0.119. The third-order valence-electron chi connectivity index (χ3n) is 5.40. The molecular formula is C20H16N2O4. The number of esters is 1. The van der Waals surface area contributed by atoms with Crippen LogP contribution in [0.1, 0.15) is 35.9 Å². The Balaban J connectivity index is 1.80. The molecular weight excluding hydrogens is 332 g/mol. The number of fused-ring (bicyclic) bond motifs is 5. The number of cyclic esters (lactones) is 1. The van der Waals surface area contributed by atoms with Crippen molar-refractivity contribution in [3.8, 4) is 5.69 Å². The summed E-state index contributed by atoms with van der Waals surface area (Å²) in [5.74, 6) is -0.698. The molecule has 0 saturated heterocycles. The van der Waals surface area contributed by atoms with Gasteiger partial charge in [-0.25, -0.2) is 4.79 Å². The Morgan fingerprint density at radius 1 is 1.27 bits per heavy atom. The largest absolute Gasteiger partial charge is 0.458 e. The summed E-state index contributed by atoms with van der Waals surface area (Å²) in [4.78, 5) is 29.9. The smallest absolute Gasteiger partial charge is 0.343 e. The van der Waals surface area contributed by atoms with Gasteiger partial charge in [0.2, 0.25) is 0 Å². The third kappa shape index (κ3) is 1.82. The van der Waals surface area contributed by atoms with E-state index in [9.17, 15) is 14.7 Å². The van der Waals surface area contributed by atoms with Gasteiger partial charge in [-0.1, -0.05) is 25.1 Å². The van der Waals surface area contributed by atoms with E-state index in [1.165, 1.54) is 0 Å². The van der Waals surface area contributed by atoms with Crippen molar-refractivity contribution in [2.45, 2.75) is 32.0 Å². The molecule has 0 spiro atoms. The molecule has 0 amide bonds. The molecule has 0 fully saturated rings. The van der Waals surface area contributed by atoms with Gasteiger partial charge < -0.3 is 9.84 Å². The summed E-state index contributed by atoms with van der Waals surface area (Å²) in [6, 6.07) is 11.5. The van der Waals surface area contributed by atoms with Gasteiger partial charge in [-0.2, -0.15) is 0 Å². The fraction of sp³-hybridized carbons (Fsp3) is 0.250. The lowest BCUT2D eigenvalue weighted by Gasteiger charge is -2.31. The van der Waals surface area contributed by atoms with Gasteiger partial charge in [-0.15, -0.1) is 0 Å². The Hall–Kier alpha value is -2.99. The number of nitrogens with zero attached hydrogens (tertiary/aromatic N) is 2. The molecule has 1 atom stereocenters. The number of benzene rings is 1. The van der Waals surface area contributed by atoms with E-state index in [-0.39, 0.29) is 18.6 Å². The minimum Gasteiger partial charge on any atom is -0.458 e. The number of carbonyl (C=O) groups excluding carboxylic acids is 1. The number of aliphatic hydroxyl groups is 1. The SMILES string of the molecule is CC[C@]1(O)C(=O)OCc2c1cc1n(c2=O)-c2cc3ccccc3nc2C1. The van der Waals surface area contributed by atoms with Crippen molar-refractivity contribution >= 4 is 16.9 Å². The van der Waals surface area contributed by atoms with Crippen LogP contribution in [0.15, 0.2) is 41.2 Å². The van der Waals surface area contributed by atoms with E-state index in [2.05, 4.69) is 4.98 Å². The highest BCUT2D eigenvalue weighted by atomic mass is 16.6. The summed E-state index contributed by atoms with van der Waals surface area (Å²) in [5.41, 5.74) is 1.85. The zero-order valence-corrected chi connectivity index (χ0v) is 14.2. The monoisotopic (exact) mass is 348 g/mol. The first-order valence-electron chi connectivity index (χ1n) is 8.60. The van der Waals surface area contributed by atoms with E-state index in [1.54, 1.807) is 17.6 Å². The van der Waals surface area contributed by atoms with Crippen molar-refractivity contribution in [2.75, 3.05) is 0 Å². The minimum atomic E-state index is -1.77. The number of para-hydroxylation sites is 1. The molecule has 2 aromatic heterocycles. The molecule has 0 unspecified atom stereocenters. The maximum Gasteiger partial charge on any atom is 0.343 e. The number of ether oxygens (including phenoxy) is 1. The fourth-order valence-electron chi connectivity index (χ4n) is 3.94. The predicted octanol–water partition coefficient (Wildman–Crippen LogP) is 1.94. The lowest BCUT2D eigenvalue weighted by molar-refractivity contribution is -0.172. The normalized spacial score (nSPS) is 20.5. The van der Waals surface area contributed by atoms with Gasteiger partial charge in [0, 0.05) is 23.1 Å². The van der Waals surface area contributed by atoms with E-state index in [0.29, 0.717) is 17.5 Å². The maximum absolute atomic E-state index is 13.1. The topological polar surface area (TPSA) is 81.4 Å². The summed E-state index contributed by atoms with van der Waals surface area (Å²) in [7, 11) is 0. The number of rotatable bonds is 1. The highest BCUT2D eigenvalue weighted by Gasteiger charge is 2.45. The summed E-state index contributed by atoms with van der Waals surface area (Å²) in [5, 5.41) is 11.7. The number of hydrogen-bond acceptors (Lipinski definition) is 5. The fourth-order valence-corrected chi connectivity index (χ4v) is 3.94. The van der Waals surface area contributed by atoms with Crippen LogP contribution >= 0.6 is 0 Å². The first-order chi connectivity index (χ1) is 12.5. The summed E-state index contributed by atoms with van der Waals surface area (Å²) in [6.45, 7) is 1.58. The highest BCUT2D eigenvalue weighted by molar-refractivity contribution is 5.84. The van der Waals surface area contributed by atoms with Crippen molar-refractivity contribution in [1.82, 2.24) is 9.55 Å². The van der Waals surface area contributed by atoms with Crippen LogP contribution in [0, 0.1) is 0 Å². The summed E-state index contributed by atoms with van der Waals surface area (Å²) >= 11 is 0. The molecule has 2 aliphatic heterocycles. The van der Waals surface area contributed by atoms with Gasteiger partial charge >= 0.3 is 5.97 Å². The number of aromatic nitrogens is 2. The Bertz CT molecular complexity index is 1160. The second-order valence-corrected chi connectivity index (χ2v) is 6.78. The van der Waals surface area contributed by atoms with Gasteiger partial charge in [0.1, 0.15) is 6.61 Å². The number of carbonyl (C=O) groups is 1. The molecule has 1 N–H and O–H groups in total. The molecule has 6 nitrogen and oxygen atoms in total.